The van der Waals surface area contributed by atoms with Gasteiger partial charge in [0.25, 0.3) is 0 Å². The van der Waals surface area contributed by atoms with Crippen molar-refractivity contribution in [2.75, 3.05) is 14.2 Å². The van der Waals surface area contributed by atoms with Crippen LogP contribution in [-0.4, -0.2) is 39.0 Å². The number of rotatable bonds is 7. The lowest BCUT2D eigenvalue weighted by atomic mass is 10.2. The van der Waals surface area contributed by atoms with Gasteiger partial charge in [-0.2, -0.15) is 4.31 Å². The molecule has 0 heterocycles. The minimum Gasteiger partial charge on any atom is -0.495 e. The van der Waals surface area contributed by atoms with E-state index in [4.69, 9.17) is 4.74 Å². The third-order valence-corrected chi connectivity index (χ3v) is 6.05. The number of sulfonamides is 1. The lowest BCUT2D eigenvalue weighted by Crippen LogP contribution is -2.29. The molecule has 5 nitrogen and oxygen atoms in total. The maximum Gasteiger partial charge on any atom is 0.246 e. The maximum atomic E-state index is 12.7. The van der Waals surface area contributed by atoms with Crippen LogP contribution in [0.15, 0.2) is 23.1 Å². The summed E-state index contributed by atoms with van der Waals surface area (Å²) in [5.74, 6) is 0.415. The van der Waals surface area contributed by atoms with Crippen LogP contribution >= 0.6 is 0 Å². The molecule has 2 aliphatic rings. The quantitative estimate of drug-likeness (QED) is 0.833. The van der Waals surface area contributed by atoms with E-state index in [0.29, 0.717) is 18.3 Å². The standard InChI is InChI=1S/C15H22N2O3S/c1-17(13-6-7-13)21(18,19)15-9-11(3-8-14(15)20-2)10-16-12-4-5-12/h3,8-9,12-13,16H,4-7,10H2,1-2H3. The first-order valence-electron chi connectivity index (χ1n) is 7.40. The van der Waals surface area contributed by atoms with Crippen molar-refractivity contribution in [3.8, 4) is 5.75 Å². The molecule has 1 aromatic carbocycles. The fourth-order valence-corrected chi connectivity index (χ4v) is 3.99. The monoisotopic (exact) mass is 310 g/mol. The van der Waals surface area contributed by atoms with Crippen LogP contribution in [0.4, 0.5) is 0 Å². The maximum absolute atomic E-state index is 12.7. The van der Waals surface area contributed by atoms with Crippen molar-refractivity contribution in [1.82, 2.24) is 9.62 Å². The first kappa shape index (κ1) is 14.8. The number of nitrogens with one attached hydrogen (secondary N) is 1. The molecule has 1 aromatic rings. The zero-order valence-electron chi connectivity index (χ0n) is 12.5. The van der Waals surface area contributed by atoms with Gasteiger partial charge in [0, 0.05) is 25.7 Å². The first-order chi connectivity index (χ1) is 10.0. The van der Waals surface area contributed by atoms with E-state index in [9.17, 15) is 8.42 Å². The smallest absolute Gasteiger partial charge is 0.246 e. The van der Waals surface area contributed by atoms with E-state index < -0.39 is 10.0 Å². The van der Waals surface area contributed by atoms with Crippen molar-refractivity contribution in [3.63, 3.8) is 0 Å². The van der Waals surface area contributed by atoms with Gasteiger partial charge in [-0.3, -0.25) is 0 Å². The molecule has 0 atom stereocenters. The molecule has 0 amide bonds. The van der Waals surface area contributed by atoms with E-state index in [-0.39, 0.29) is 10.9 Å². The molecule has 3 rings (SSSR count). The summed E-state index contributed by atoms with van der Waals surface area (Å²) < 4.78 is 32.2. The van der Waals surface area contributed by atoms with Crippen molar-refractivity contribution >= 4 is 10.0 Å². The Labute approximate surface area is 126 Å². The predicted octanol–water partition coefficient (Wildman–Crippen LogP) is 1.73. The topological polar surface area (TPSA) is 58.6 Å². The molecule has 6 heteroatoms. The van der Waals surface area contributed by atoms with Crippen molar-refractivity contribution in [1.29, 1.82) is 0 Å². The second-order valence-electron chi connectivity index (χ2n) is 5.89. The van der Waals surface area contributed by atoms with Crippen LogP contribution in [0, 0.1) is 0 Å². The van der Waals surface area contributed by atoms with Gasteiger partial charge in [0.15, 0.2) is 0 Å². The summed E-state index contributed by atoms with van der Waals surface area (Å²) in [4.78, 5) is 0.273. The lowest BCUT2D eigenvalue weighted by molar-refractivity contribution is 0.397. The average Bonchev–Trinajstić information content (AvgIpc) is 3.37. The van der Waals surface area contributed by atoms with E-state index in [1.807, 2.05) is 6.07 Å². The van der Waals surface area contributed by atoms with Gasteiger partial charge in [-0.25, -0.2) is 8.42 Å². The molecule has 2 saturated carbocycles. The minimum atomic E-state index is -3.48. The zero-order chi connectivity index (χ0) is 15.0. The van der Waals surface area contributed by atoms with Gasteiger partial charge >= 0.3 is 0 Å². The van der Waals surface area contributed by atoms with Crippen molar-refractivity contribution in [2.45, 2.75) is 49.2 Å². The molecule has 0 saturated heterocycles. The summed E-state index contributed by atoms with van der Waals surface area (Å²) in [6, 6.07) is 6.15. The van der Waals surface area contributed by atoms with E-state index in [1.54, 1.807) is 19.2 Å². The molecule has 0 bridgehead atoms. The van der Waals surface area contributed by atoms with Gasteiger partial charge in [0.05, 0.1) is 7.11 Å². The van der Waals surface area contributed by atoms with Crippen LogP contribution in [0.5, 0.6) is 5.75 Å². The third kappa shape index (κ3) is 3.22. The normalized spacial score (nSPS) is 19.0. The molecule has 1 N–H and O–H groups in total. The highest BCUT2D eigenvalue weighted by Crippen LogP contribution is 2.34. The van der Waals surface area contributed by atoms with Crippen molar-refractivity contribution in [3.05, 3.63) is 23.8 Å². The van der Waals surface area contributed by atoms with Gasteiger partial charge < -0.3 is 10.1 Å². The zero-order valence-corrected chi connectivity index (χ0v) is 13.3. The Hall–Kier alpha value is -1.11. The van der Waals surface area contributed by atoms with Crippen molar-refractivity contribution < 1.29 is 13.2 Å². The van der Waals surface area contributed by atoms with Gasteiger partial charge in [-0.05, 0) is 43.4 Å². The largest absolute Gasteiger partial charge is 0.495 e. The van der Waals surface area contributed by atoms with E-state index in [1.165, 1.54) is 24.3 Å². The van der Waals surface area contributed by atoms with Crippen LogP contribution < -0.4 is 10.1 Å². The van der Waals surface area contributed by atoms with Crippen LogP contribution in [0.1, 0.15) is 31.2 Å². The molecule has 116 valence electrons. The number of hydrogen-bond acceptors (Lipinski definition) is 4. The van der Waals surface area contributed by atoms with Gasteiger partial charge in [-0.15, -0.1) is 0 Å². The highest BCUT2D eigenvalue weighted by Gasteiger charge is 2.36. The van der Waals surface area contributed by atoms with Crippen LogP contribution in [0.25, 0.3) is 0 Å². The fourth-order valence-electron chi connectivity index (χ4n) is 2.37. The van der Waals surface area contributed by atoms with E-state index in [0.717, 1.165) is 18.4 Å². The van der Waals surface area contributed by atoms with Crippen LogP contribution in [0.2, 0.25) is 0 Å². The molecular formula is C15H22N2O3S. The number of nitrogens with zero attached hydrogens (tertiary/aromatic N) is 1. The molecular weight excluding hydrogens is 288 g/mol. The Balaban J connectivity index is 1.87. The lowest BCUT2D eigenvalue weighted by Gasteiger charge is -2.19. The van der Waals surface area contributed by atoms with Crippen LogP contribution in [-0.2, 0) is 16.6 Å². The molecule has 21 heavy (non-hydrogen) atoms. The number of benzene rings is 1. The summed E-state index contributed by atoms with van der Waals surface area (Å²) >= 11 is 0. The number of ether oxygens (including phenoxy) is 1. The van der Waals surface area contributed by atoms with E-state index in [2.05, 4.69) is 5.32 Å². The third-order valence-electron chi connectivity index (χ3n) is 4.12. The first-order valence-corrected chi connectivity index (χ1v) is 8.84. The Bertz CT molecular complexity index is 622. The molecule has 0 aromatic heterocycles. The number of methoxy groups -OCH3 is 1. The molecule has 0 unspecified atom stereocenters. The Kier molecular flexibility index (Phi) is 3.94. The van der Waals surface area contributed by atoms with Gasteiger partial charge in [-0.1, -0.05) is 6.07 Å². The Morgan fingerprint density at radius 1 is 1.29 bits per heavy atom. The highest BCUT2D eigenvalue weighted by atomic mass is 32.2. The second-order valence-corrected chi connectivity index (χ2v) is 7.86. The molecule has 2 aliphatic carbocycles. The summed E-state index contributed by atoms with van der Waals surface area (Å²) in [5.41, 5.74) is 0.977. The average molecular weight is 310 g/mol. The molecule has 2 fully saturated rings. The molecule has 0 radical (unpaired) electrons. The van der Waals surface area contributed by atoms with Gasteiger partial charge in [0.2, 0.25) is 10.0 Å². The highest BCUT2D eigenvalue weighted by molar-refractivity contribution is 7.89. The van der Waals surface area contributed by atoms with Crippen LogP contribution in [0.3, 0.4) is 0 Å². The predicted molar refractivity (Wildman–Crippen MR) is 80.8 cm³/mol. The Morgan fingerprint density at radius 3 is 2.57 bits per heavy atom. The second kappa shape index (κ2) is 5.59. The minimum absolute atomic E-state index is 0.146. The summed E-state index contributed by atoms with van der Waals surface area (Å²) in [5, 5.41) is 3.40. The summed E-state index contributed by atoms with van der Waals surface area (Å²) in [6.45, 7) is 0.699. The number of hydrogen-bond donors (Lipinski definition) is 1. The summed E-state index contributed by atoms with van der Waals surface area (Å²) in [7, 11) is -0.322. The molecule has 0 spiro atoms. The Morgan fingerprint density at radius 2 is 2.00 bits per heavy atom. The summed E-state index contributed by atoms with van der Waals surface area (Å²) in [6.07, 6.45) is 4.32. The van der Waals surface area contributed by atoms with Gasteiger partial charge in [0.1, 0.15) is 10.6 Å². The fraction of sp³-hybridized carbons (Fsp3) is 0.600. The van der Waals surface area contributed by atoms with Crippen molar-refractivity contribution in [2.24, 2.45) is 0 Å². The van der Waals surface area contributed by atoms with E-state index >= 15 is 0 Å². The molecule has 0 aliphatic heterocycles. The SMILES string of the molecule is COc1ccc(CNC2CC2)cc1S(=O)(=O)N(C)C1CC1.